The van der Waals surface area contributed by atoms with Gasteiger partial charge in [-0.15, -0.1) is 0 Å². The van der Waals surface area contributed by atoms with Gasteiger partial charge in [0.1, 0.15) is 5.15 Å². The minimum Gasteiger partial charge on any atom is -0.380 e. The van der Waals surface area contributed by atoms with Crippen LogP contribution in [0, 0.1) is 5.82 Å². The molecule has 7 heteroatoms. The highest BCUT2D eigenvalue weighted by atomic mass is 35.5. The molecular formula is C11H11Cl2FN2O2. The molecule has 1 unspecified atom stereocenters. The van der Waals surface area contributed by atoms with Gasteiger partial charge in [-0.25, -0.2) is 9.37 Å². The minimum atomic E-state index is -0.757. The zero-order valence-corrected chi connectivity index (χ0v) is 11.1. The summed E-state index contributed by atoms with van der Waals surface area (Å²) < 4.78 is 18.5. The van der Waals surface area contributed by atoms with Gasteiger partial charge in [0.05, 0.1) is 11.7 Å². The van der Waals surface area contributed by atoms with E-state index in [1.165, 1.54) is 0 Å². The van der Waals surface area contributed by atoms with Gasteiger partial charge in [0.15, 0.2) is 11.0 Å². The van der Waals surface area contributed by atoms with Crippen LogP contribution in [0.3, 0.4) is 0 Å². The van der Waals surface area contributed by atoms with Crippen LogP contribution in [0.1, 0.15) is 16.8 Å². The van der Waals surface area contributed by atoms with Crippen LogP contribution in [-0.4, -0.2) is 42.1 Å². The Bertz CT molecular complexity index is 484. The predicted octanol–water partition coefficient (Wildman–Crippen LogP) is 2.39. The van der Waals surface area contributed by atoms with Crippen LogP contribution < -0.4 is 0 Å². The van der Waals surface area contributed by atoms with E-state index in [4.69, 9.17) is 27.9 Å². The Hall–Kier alpha value is -0.910. The lowest BCUT2D eigenvalue weighted by molar-refractivity contribution is 0.0723. The molecule has 1 atom stereocenters. The van der Waals surface area contributed by atoms with Gasteiger partial charge in [-0.05, 0) is 12.5 Å². The van der Waals surface area contributed by atoms with Crippen molar-refractivity contribution < 1.29 is 13.9 Å². The number of aromatic nitrogens is 1. The number of carbonyl (C=O) groups excluding carboxylic acids is 1. The molecule has 1 aliphatic heterocycles. The quantitative estimate of drug-likeness (QED) is 0.786. The molecule has 0 radical (unpaired) electrons. The first kappa shape index (κ1) is 13.5. The van der Waals surface area contributed by atoms with Gasteiger partial charge < -0.3 is 9.64 Å². The Morgan fingerprint density at radius 1 is 1.56 bits per heavy atom. The van der Waals surface area contributed by atoms with E-state index in [0.717, 1.165) is 12.5 Å². The highest BCUT2D eigenvalue weighted by molar-refractivity contribution is 6.34. The largest absolute Gasteiger partial charge is 0.380 e. The number of methoxy groups -OCH3 is 1. The van der Waals surface area contributed by atoms with Crippen molar-refractivity contribution in [2.24, 2.45) is 0 Å². The number of pyridine rings is 1. The summed E-state index contributed by atoms with van der Waals surface area (Å²) in [5, 5.41) is -0.431. The second-order valence-electron chi connectivity index (χ2n) is 4.00. The monoisotopic (exact) mass is 292 g/mol. The molecule has 98 valence electrons. The molecule has 0 N–H and O–H groups in total. The maximum Gasteiger partial charge on any atom is 0.257 e. The number of halogens is 3. The van der Waals surface area contributed by atoms with E-state index < -0.39 is 5.82 Å². The van der Waals surface area contributed by atoms with Gasteiger partial charge in [-0.2, -0.15) is 0 Å². The molecule has 1 fully saturated rings. The second-order valence-corrected chi connectivity index (χ2v) is 4.71. The topological polar surface area (TPSA) is 42.4 Å². The summed E-state index contributed by atoms with van der Waals surface area (Å²) in [5.41, 5.74) is 0.0234. The Morgan fingerprint density at radius 2 is 2.28 bits per heavy atom. The molecule has 4 nitrogen and oxygen atoms in total. The van der Waals surface area contributed by atoms with Crippen molar-refractivity contribution in [1.82, 2.24) is 9.88 Å². The van der Waals surface area contributed by atoms with E-state index in [1.807, 2.05) is 0 Å². The zero-order chi connectivity index (χ0) is 13.3. The maximum atomic E-state index is 13.3. The van der Waals surface area contributed by atoms with Gasteiger partial charge in [0, 0.05) is 20.2 Å². The van der Waals surface area contributed by atoms with Gasteiger partial charge in [0.2, 0.25) is 0 Å². The van der Waals surface area contributed by atoms with Crippen LogP contribution in [0.2, 0.25) is 10.3 Å². The van der Waals surface area contributed by atoms with Gasteiger partial charge >= 0.3 is 0 Å². The van der Waals surface area contributed by atoms with E-state index in [1.54, 1.807) is 12.0 Å². The molecule has 1 aliphatic rings. The van der Waals surface area contributed by atoms with E-state index in [9.17, 15) is 9.18 Å². The van der Waals surface area contributed by atoms with E-state index in [-0.39, 0.29) is 27.9 Å². The molecule has 0 aromatic carbocycles. The molecule has 2 heterocycles. The van der Waals surface area contributed by atoms with Crippen molar-refractivity contribution in [1.29, 1.82) is 0 Å². The molecule has 0 aliphatic carbocycles. The first-order valence-electron chi connectivity index (χ1n) is 5.36. The van der Waals surface area contributed by atoms with E-state index in [2.05, 4.69) is 4.98 Å². The summed E-state index contributed by atoms with van der Waals surface area (Å²) in [5.74, 6) is -1.12. The third-order valence-electron chi connectivity index (χ3n) is 2.88. The molecule has 18 heavy (non-hydrogen) atoms. The molecule has 1 aromatic heterocycles. The SMILES string of the molecule is COC1CCN(C(=O)c2cc(F)c(Cl)nc2Cl)C1. The molecule has 1 saturated heterocycles. The molecule has 0 bridgehead atoms. The van der Waals surface area contributed by atoms with E-state index in [0.29, 0.717) is 13.1 Å². The number of carbonyl (C=O) groups is 1. The van der Waals surface area contributed by atoms with Crippen molar-refractivity contribution in [3.05, 3.63) is 27.8 Å². The standard InChI is InChI=1S/C11H11Cl2FN2O2/c1-18-6-2-3-16(5-6)11(17)7-4-8(14)10(13)15-9(7)12/h4,6H,2-3,5H2,1H3. The van der Waals surface area contributed by atoms with Crippen LogP contribution in [0.5, 0.6) is 0 Å². The summed E-state index contributed by atoms with van der Waals surface area (Å²) in [6.07, 6.45) is 0.765. The molecule has 2 rings (SSSR count). The van der Waals surface area contributed by atoms with Crippen LogP contribution in [0.4, 0.5) is 4.39 Å². The van der Waals surface area contributed by atoms with Gasteiger partial charge in [-0.3, -0.25) is 4.79 Å². The lowest BCUT2D eigenvalue weighted by Crippen LogP contribution is -2.30. The molecule has 1 aromatic rings. The van der Waals surface area contributed by atoms with Crippen molar-refractivity contribution in [2.75, 3.05) is 20.2 Å². The van der Waals surface area contributed by atoms with Gasteiger partial charge in [0.25, 0.3) is 5.91 Å². The summed E-state index contributed by atoms with van der Waals surface area (Å²) in [6.45, 7) is 1.02. The average Bonchev–Trinajstić information content (AvgIpc) is 2.81. The highest BCUT2D eigenvalue weighted by Gasteiger charge is 2.28. The normalized spacial score (nSPS) is 19.3. The van der Waals surface area contributed by atoms with Crippen LogP contribution in [-0.2, 0) is 4.74 Å². The maximum absolute atomic E-state index is 13.3. The predicted molar refractivity (Wildman–Crippen MR) is 65.5 cm³/mol. The van der Waals surface area contributed by atoms with Crippen LogP contribution in [0.25, 0.3) is 0 Å². The fraction of sp³-hybridized carbons (Fsp3) is 0.455. The first-order valence-corrected chi connectivity index (χ1v) is 6.12. The molecule has 0 spiro atoms. The van der Waals surface area contributed by atoms with Crippen molar-refractivity contribution in [3.63, 3.8) is 0 Å². The molecular weight excluding hydrogens is 282 g/mol. The number of hydrogen-bond acceptors (Lipinski definition) is 3. The highest BCUT2D eigenvalue weighted by Crippen LogP contribution is 2.23. The number of nitrogens with zero attached hydrogens (tertiary/aromatic N) is 2. The minimum absolute atomic E-state index is 0.0119. The lowest BCUT2D eigenvalue weighted by Gasteiger charge is -2.16. The first-order chi connectivity index (χ1) is 8.52. The fourth-order valence-corrected chi connectivity index (χ4v) is 2.27. The Kier molecular flexibility index (Phi) is 4.04. The smallest absolute Gasteiger partial charge is 0.257 e. The Labute approximate surface area is 114 Å². The summed E-state index contributed by atoms with van der Waals surface area (Å²) in [6, 6.07) is 1.01. The van der Waals surface area contributed by atoms with Crippen molar-refractivity contribution >= 4 is 29.1 Å². The number of hydrogen-bond donors (Lipinski definition) is 0. The Morgan fingerprint density at radius 3 is 2.89 bits per heavy atom. The fourth-order valence-electron chi connectivity index (χ4n) is 1.87. The summed E-state index contributed by atoms with van der Waals surface area (Å²) >= 11 is 11.3. The van der Waals surface area contributed by atoms with Crippen molar-refractivity contribution in [2.45, 2.75) is 12.5 Å². The zero-order valence-electron chi connectivity index (χ0n) is 9.62. The van der Waals surface area contributed by atoms with E-state index >= 15 is 0 Å². The molecule has 0 saturated carbocycles. The average molecular weight is 293 g/mol. The number of likely N-dealkylation sites (tertiary alicyclic amines) is 1. The summed E-state index contributed by atoms with van der Waals surface area (Å²) in [4.78, 5) is 17.3. The number of ether oxygens (including phenoxy) is 1. The van der Waals surface area contributed by atoms with Crippen molar-refractivity contribution in [3.8, 4) is 0 Å². The second kappa shape index (κ2) is 5.38. The third-order valence-corrected chi connectivity index (χ3v) is 3.44. The Balaban J connectivity index is 2.22. The van der Waals surface area contributed by atoms with Gasteiger partial charge in [-0.1, -0.05) is 23.2 Å². The lowest BCUT2D eigenvalue weighted by atomic mass is 10.2. The number of rotatable bonds is 2. The summed E-state index contributed by atoms with van der Waals surface area (Å²) in [7, 11) is 1.59. The third kappa shape index (κ3) is 2.58. The van der Waals surface area contributed by atoms with Crippen LogP contribution >= 0.6 is 23.2 Å². The van der Waals surface area contributed by atoms with Crippen LogP contribution in [0.15, 0.2) is 6.07 Å². The number of amides is 1. The molecule has 1 amide bonds.